The molecule has 0 unspecified atom stereocenters. The van der Waals surface area contributed by atoms with E-state index in [4.69, 9.17) is 9.47 Å². The standard InChI is InChI=1S/C15H20N4O3/c1-11(2)16-15(20)9-19-8-12(17-18-19)10-22-14-6-4-13(21-3)5-7-14/h4-8,11H,9-10H2,1-3H3,(H,16,20). The van der Waals surface area contributed by atoms with Gasteiger partial charge in [0.15, 0.2) is 0 Å². The van der Waals surface area contributed by atoms with Gasteiger partial charge in [0, 0.05) is 6.04 Å². The van der Waals surface area contributed by atoms with Gasteiger partial charge < -0.3 is 14.8 Å². The van der Waals surface area contributed by atoms with Crippen molar-refractivity contribution in [2.75, 3.05) is 7.11 Å². The van der Waals surface area contributed by atoms with Crippen molar-refractivity contribution in [1.29, 1.82) is 0 Å². The number of ether oxygens (including phenoxy) is 2. The van der Waals surface area contributed by atoms with Gasteiger partial charge in [0.1, 0.15) is 30.3 Å². The van der Waals surface area contributed by atoms with E-state index in [1.54, 1.807) is 13.3 Å². The third kappa shape index (κ3) is 4.76. The van der Waals surface area contributed by atoms with Crippen molar-refractivity contribution < 1.29 is 14.3 Å². The van der Waals surface area contributed by atoms with Crippen molar-refractivity contribution in [2.45, 2.75) is 33.0 Å². The summed E-state index contributed by atoms with van der Waals surface area (Å²) in [5.74, 6) is 1.39. The van der Waals surface area contributed by atoms with Gasteiger partial charge in [0.2, 0.25) is 5.91 Å². The number of benzene rings is 1. The summed E-state index contributed by atoms with van der Waals surface area (Å²) in [4.78, 5) is 11.6. The lowest BCUT2D eigenvalue weighted by atomic mass is 10.3. The first kappa shape index (κ1) is 15.8. The summed E-state index contributed by atoms with van der Waals surface area (Å²) in [5, 5.41) is 10.7. The molecule has 7 nitrogen and oxygen atoms in total. The van der Waals surface area contributed by atoms with Crippen LogP contribution >= 0.6 is 0 Å². The topological polar surface area (TPSA) is 78.3 Å². The number of carbonyl (C=O) groups excluding carboxylic acids is 1. The Morgan fingerprint density at radius 1 is 1.27 bits per heavy atom. The molecule has 0 radical (unpaired) electrons. The lowest BCUT2D eigenvalue weighted by Crippen LogP contribution is -2.33. The van der Waals surface area contributed by atoms with Crippen LogP contribution in [0, 0.1) is 0 Å². The molecule has 1 aromatic carbocycles. The predicted octanol–water partition coefficient (Wildman–Crippen LogP) is 1.39. The molecular weight excluding hydrogens is 284 g/mol. The van der Waals surface area contributed by atoms with Gasteiger partial charge in [0.25, 0.3) is 0 Å². The van der Waals surface area contributed by atoms with Crippen LogP contribution in [0.5, 0.6) is 11.5 Å². The van der Waals surface area contributed by atoms with Gasteiger partial charge in [0.05, 0.1) is 13.3 Å². The summed E-state index contributed by atoms with van der Waals surface area (Å²) in [6.07, 6.45) is 1.70. The number of nitrogens with zero attached hydrogens (tertiary/aromatic N) is 3. The van der Waals surface area contributed by atoms with Crippen molar-refractivity contribution in [3.05, 3.63) is 36.2 Å². The third-order valence-electron chi connectivity index (χ3n) is 2.79. The van der Waals surface area contributed by atoms with Crippen LogP contribution in [0.4, 0.5) is 0 Å². The Morgan fingerprint density at radius 3 is 2.59 bits per heavy atom. The highest BCUT2D eigenvalue weighted by Crippen LogP contribution is 2.17. The number of aromatic nitrogens is 3. The Bertz CT molecular complexity index is 608. The van der Waals surface area contributed by atoms with E-state index < -0.39 is 0 Å². The smallest absolute Gasteiger partial charge is 0.241 e. The molecule has 0 saturated heterocycles. The summed E-state index contributed by atoms with van der Waals surface area (Å²) in [6, 6.07) is 7.39. The lowest BCUT2D eigenvalue weighted by Gasteiger charge is -2.07. The molecule has 22 heavy (non-hydrogen) atoms. The number of amides is 1. The van der Waals surface area contributed by atoms with Crippen LogP contribution < -0.4 is 14.8 Å². The molecule has 0 atom stereocenters. The first-order valence-electron chi connectivity index (χ1n) is 7.02. The first-order valence-corrected chi connectivity index (χ1v) is 7.02. The fourth-order valence-corrected chi connectivity index (χ4v) is 1.83. The minimum atomic E-state index is -0.0949. The predicted molar refractivity (Wildman–Crippen MR) is 80.6 cm³/mol. The maximum absolute atomic E-state index is 11.6. The summed E-state index contributed by atoms with van der Waals surface area (Å²) >= 11 is 0. The zero-order valence-corrected chi connectivity index (χ0v) is 12.9. The summed E-state index contributed by atoms with van der Waals surface area (Å²) in [7, 11) is 1.61. The van der Waals surface area contributed by atoms with Crippen molar-refractivity contribution in [2.24, 2.45) is 0 Å². The van der Waals surface area contributed by atoms with Gasteiger partial charge in [-0.3, -0.25) is 4.79 Å². The molecule has 7 heteroatoms. The van der Waals surface area contributed by atoms with E-state index in [0.717, 1.165) is 5.75 Å². The number of methoxy groups -OCH3 is 1. The van der Waals surface area contributed by atoms with E-state index >= 15 is 0 Å². The maximum atomic E-state index is 11.6. The average molecular weight is 304 g/mol. The Labute approximate surface area is 129 Å². The molecule has 0 bridgehead atoms. The first-order chi connectivity index (χ1) is 10.6. The molecular formula is C15H20N4O3. The maximum Gasteiger partial charge on any atom is 0.241 e. The second kappa shape index (κ2) is 7.44. The van der Waals surface area contributed by atoms with Crippen molar-refractivity contribution in [3.63, 3.8) is 0 Å². The largest absolute Gasteiger partial charge is 0.497 e. The molecule has 1 N–H and O–H groups in total. The number of hydrogen-bond donors (Lipinski definition) is 1. The van der Waals surface area contributed by atoms with Crippen molar-refractivity contribution in [3.8, 4) is 11.5 Å². The number of hydrogen-bond acceptors (Lipinski definition) is 5. The Morgan fingerprint density at radius 2 is 1.95 bits per heavy atom. The summed E-state index contributed by atoms with van der Waals surface area (Å²) in [6.45, 7) is 4.26. The van der Waals surface area contributed by atoms with Crippen molar-refractivity contribution >= 4 is 5.91 Å². The van der Waals surface area contributed by atoms with Crippen LogP contribution in [0.2, 0.25) is 0 Å². The summed E-state index contributed by atoms with van der Waals surface area (Å²) < 4.78 is 12.2. The molecule has 1 heterocycles. The Balaban J connectivity index is 1.85. The Hall–Kier alpha value is -2.57. The van der Waals surface area contributed by atoms with Crippen LogP contribution in [0.15, 0.2) is 30.5 Å². The minimum Gasteiger partial charge on any atom is -0.497 e. The highest BCUT2D eigenvalue weighted by Gasteiger charge is 2.07. The van der Waals surface area contributed by atoms with Gasteiger partial charge in [-0.25, -0.2) is 4.68 Å². The molecule has 0 aliphatic heterocycles. The molecule has 0 aliphatic rings. The molecule has 0 spiro atoms. The molecule has 1 amide bonds. The monoisotopic (exact) mass is 304 g/mol. The second-order valence-corrected chi connectivity index (χ2v) is 5.09. The fourth-order valence-electron chi connectivity index (χ4n) is 1.83. The van der Waals surface area contributed by atoms with Gasteiger partial charge in [-0.15, -0.1) is 5.10 Å². The fraction of sp³-hybridized carbons (Fsp3) is 0.400. The van der Waals surface area contributed by atoms with Crippen LogP contribution in [-0.2, 0) is 17.9 Å². The highest BCUT2D eigenvalue weighted by atomic mass is 16.5. The molecule has 1 aromatic heterocycles. The van der Waals surface area contributed by atoms with Gasteiger partial charge in [-0.2, -0.15) is 0 Å². The lowest BCUT2D eigenvalue weighted by molar-refractivity contribution is -0.122. The van der Waals surface area contributed by atoms with E-state index in [9.17, 15) is 4.79 Å². The van der Waals surface area contributed by atoms with Crippen LogP contribution in [0.25, 0.3) is 0 Å². The van der Waals surface area contributed by atoms with Gasteiger partial charge in [-0.05, 0) is 38.1 Å². The molecule has 0 fully saturated rings. The number of rotatable bonds is 7. The minimum absolute atomic E-state index is 0.0949. The second-order valence-electron chi connectivity index (χ2n) is 5.09. The van der Waals surface area contributed by atoms with Gasteiger partial charge in [-0.1, -0.05) is 5.21 Å². The number of nitrogens with one attached hydrogen (secondary N) is 1. The summed E-state index contributed by atoms with van der Waals surface area (Å²) in [5.41, 5.74) is 0.660. The third-order valence-corrected chi connectivity index (χ3v) is 2.79. The van der Waals surface area contributed by atoms with E-state index in [0.29, 0.717) is 11.4 Å². The van der Waals surface area contributed by atoms with E-state index in [1.807, 2.05) is 38.1 Å². The quantitative estimate of drug-likeness (QED) is 0.836. The average Bonchev–Trinajstić information content (AvgIpc) is 2.92. The molecule has 118 valence electrons. The van der Waals surface area contributed by atoms with Crippen LogP contribution in [-0.4, -0.2) is 34.1 Å². The van der Waals surface area contributed by atoms with Gasteiger partial charge >= 0.3 is 0 Å². The van der Waals surface area contributed by atoms with Crippen molar-refractivity contribution in [1.82, 2.24) is 20.3 Å². The zero-order valence-electron chi connectivity index (χ0n) is 12.9. The zero-order chi connectivity index (χ0) is 15.9. The van der Waals surface area contributed by atoms with Crippen LogP contribution in [0.1, 0.15) is 19.5 Å². The molecule has 0 saturated carbocycles. The number of carbonyl (C=O) groups is 1. The molecule has 2 rings (SSSR count). The normalized spacial score (nSPS) is 10.5. The van der Waals surface area contributed by atoms with Crippen LogP contribution in [0.3, 0.4) is 0 Å². The van der Waals surface area contributed by atoms with E-state index in [-0.39, 0.29) is 25.1 Å². The van der Waals surface area contributed by atoms with E-state index in [1.165, 1.54) is 4.68 Å². The molecule has 0 aliphatic carbocycles. The Kier molecular flexibility index (Phi) is 5.35. The highest BCUT2D eigenvalue weighted by molar-refractivity contribution is 5.75. The van der Waals surface area contributed by atoms with E-state index in [2.05, 4.69) is 15.6 Å². The molecule has 2 aromatic rings. The SMILES string of the molecule is COc1ccc(OCc2cn(CC(=O)NC(C)C)nn2)cc1.